The van der Waals surface area contributed by atoms with Gasteiger partial charge < -0.3 is 5.32 Å². The van der Waals surface area contributed by atoms with E-state index in [2.05, 4.69) is 5.32 Å². The van der Waals surface area contributed by atoms with Crippen LogP contribution in [-0.2, 0) is 15.5 Å². The third kappa shape index (κ3) is 3.70. The minimum absolute atomic E-state index is 0.0238. The molecule has 1 fully saturated rings. The molecule has 19 heavy (non-hydrogen) atoms. The molecule has 0 aromatic heterocycles. The fourth-order valence-corrected chi connectivity index (χ4v) is 3.10. The highest BCUT2D eigenvalue weighted by Crippen LogP contribution is 2.28. The summed E-state index contributed by atoms with van der Waals surface area (Å²) in [6.07, 6.45) is 2.85. The van der Waals surface area contributed by atoms with E-state index in [1.165, 1.54) is 6.07 Å². The molecule has 0 heterocycles. The van der Waals surface area contributed by atoms with Crippen LogP contribution in [0.2, 0.25) is 0 Å². The van der Waals surface area contributed by atoms with Crippen LogP contribution < -0.4 is 5.32 Å². The lowest BCUT2D eigenvalue weighted by atomic mass is 10.1. The Labute approximate surface area is 117 Å². The Morgan fingerprint density at radius 3 is 2.63 bits per heavy atom. The first-order valence-corrected chi connectivity index (χ1v) is 8.58. The third-order valence-corrected chi connectivity index (χ3v) is 4.63. The van der Waals surface area contributed by atoms with Crippen molar-refractivity contribution in [1.29, 1.82) is 0 Å². The van der Waals surface area contributed by atoms with E-state index in [1.54, 1.807) is 12.1 Å². The number of aryl methyl sites for hydroxylation is 1. The molecule has 1 aliphatic rings. The lowest BCUT2D eigenvalue weighted by molar-refractivity contribution is 0.0951. The smallest absolute Gasteiger partial charge is 0.261 e. The Bertz CT molecular complexity index is 594. The zero-order valence-corrected chi connectivity index (χ0v) is 12.2. The van der Waals surface area contributed by atoms with Crippen molar-refractivity contribution in [2.45, 2.75) is 31.1 Å². The van der Waals surface area contributed by atoms with Crippen LogP contribution >= 0.6 is 10.7 Å². The summed E-state index contributed by atoms with van der Waals surface area (Å²) in [5.74, 6) is 0.325. The largest absolute Gasteiger partial charge is 0.352 e. The Hall–Kier alpha value is -1.07. The van der Waals surface area contributed by atoms with Crippen molar-refractivity contribution >= 4 is 25.6 Å². The summed E-state index contributed by atoms with van der Waals surface area (Å²) in [7, 11) is 1.57. The van der Waals surface area contributed by atoms with Gasteiger partial charge in [0.2, 0.25) is 0 Å². The second kappa shape index (κ2) is 5.51. The number of hydrogen-bond acceptors (Lipinski definition) is 3. The van der Waals surface area contributed by atoms with E-state index in [1.807, 2.05) is 6.92 Å². The highest BCUT2D eigenvalue weighted by molar-refractivity contribution is 8.13. The third-order valence-electron chi connectivity index (χ3n) is 3.22. The predicted octanol–water partition coefficient (Wildman–Crippen LogP) is 2.32. The summed E-state index contributed by atoms with van der Waals surface area (Å²) in [5, 5.41) is 2.80. The highest BCUT2D eigenvalue weighted by atomic mass is 35.7. The molecule has 1 aliphatic carbocycles. The number of carbonyl (C=O) groups excluding carboxylic acids is 1. The maximum absolute atomic E-state index is 11.9. The number of rotatable bonds is 5. The van der Waals surface area contributed by atoms with E-state index in [0.717, 1.165) is 12.8 Å². The molecule has 1 aromatic rings. The summed E-state index contributed by atoms with van der Waals surface area (Å²) < 4.78 is 23.0. The first kappa shape index (κ1) is 14.3. The first-order chi connectivity index (χ1) is 8.91. The zero-order chi connectivity index (χ0) is 14.0. The monoisotopic (exact) mass is 301 g/mol. The Balaban J connectivity index is 2.23. The number of benzene rings is 1. The van der Waals surface area contributed by atoms with Gasteiger partial charge in [-0.25, -0.2) is 8.42 Å². The zero-order valence-electron chi connectivity index (χ0n) is 10.6. The summed E-state index contributed by atoms with van der Waals surface area (Å²) >= 11 is 0. The lowest BCUT2D eigenvalue weighted by Gasteiger charge is -2.08. The van der Waals surface area contributed by atoms with Gasteiger partial charge in [-0.05, 0) is 42.9 Å². The Kier molecular flexibility index (Phi) is 4.16. The lowest BCUT2D eigenvalue weighted by Crippen LogP contribution is -2.25. The molecule has 6 heteroatoms. The molecule has 0 atom stereocenters. The van der Waals surface area contributed by atoms with Crippen LogP contribution in [0.3, 0.4) is 0 Å². The van der Waals surface area contributed by atoms with Gasteiger partial charge in [0.15, 0.2) is 0 Å². The van der Waals surface area contributed by atoms with Crippen molar-refractivity contribution in [2.24, 2.45) is 5.92 Å². The number of nitrogens with one attached hydrogen (secondary N) is 1. The average molecular weight is 302 g/mol. The van der Waals surface area contributed by atoms with Crippen molar-refractivity contribution < 1.29 is 13.2 Å². The summed E-state index contributed by atoms with van der Waals surface area (Å²) in [6.45, 7) is 2.49. The standard InChI is InChI=1S/C13H16ClNO3S/c1-2-10-5-6-11(7-12(10)19(14,17)18)13(16)15-8-9-3-4-9/h5-7,9H,2-4,8H2,1H3,(H,15,16). The van der Waals surface area contributed by atoms with Crippen LogP contribution in [0.4, 0.5) is 0 Å². The highest BCUT2D eigenvalue weighted by Gasteiger charge is 2.22. The van der Waals surface area contributed by atoms with Gasteiger partial charge in [0.1, 0.15) is 0 Å². The van der Waals surface area contributed by atoms with Crippen LogP contribution in [0.1, 0.15) is 35.7 Å². The molecule has 1 amide bonds. The molecule has 0 spiro atoms. The second-order valence-corrected chi connectivity index (χ2v) is 7.30. The molecule has 0 saturated heterocycles. The Morgan fingerprint density at radius 1 is 1.42 bits per heavy atom. The van der Waals surface area contributed by atoms with E-state index < -0.39 is 9.05 Å². The van der Waals surface area contributed by atoms with Crippen molar-refractivity contribution in [3.05, 3.63) is 29.3 Å². The fraction of sp³-hybridized carbons (Fsp3) is 0.462. The van der Waals surface area contributed by atoms with Gasteiger partial charge >= 0.3 is 0 Å². The number of carbonyl (C=O) groups is 1. The molecule has 4 nitrogen and oxygen atoms in total. The minimum atomic E-state index is -3.83. The van der Waals surface area contributed by atoms with E-state index in [9.17, 15) is 13.2 Å². The van der Waals surface area contributed by atoms with Gasteiger partial charge in [-0.2, -0.15) is 0 Å². The van der Waals surface area contributed by atoms with Crippen LogP contribution in [0.25, 0.3) is 0 Å². The van der Waals surface area contributed by atoms with Gasteiger partial charge in [-0.3, -0.25) is 4.79 Å². The van der Waals surface area contributed by atoms with E-state index >= 15 is 0 Å². The quantitative estimate of drug-likeness (QED) is 0.849. The van der Waals surface area contributed by atoms with E-state index in [-0.39, 0.29) is 10.8 Å². The van der Waals surface area contributed by atoms with Crippen LogP contribution in [-0.4, -0.2) is 20.9 Å². The van der Waals surface area contributed by atoms with E-state index in [4.69, 9.17) is 10.7 Å². The van der Waals surface area contributed by atoms with Gasteiger partial charge in [-0.1, -0.05) is 13.0 Å². The Morgan fingerprint density at radius 2 is 2.11 bits per heavy atom. The van der Waals surface area contributed by atoms with Crippen molar-refractivity contribution in [3.63, 3.8) is 0 Å². The summed E-state index contributed by atoms with van der Waals surface area (Å²) in [4.78, 5) is 11.9. The molecular weight excluding hydrogens is 286 g/mol. The summed E-state index contributed by atoms with van der Waals surface area (Å²) in [5.41, 5.74) is 0.950. The number of hydrogen-bond donors (Lipinski definition) is 1. The average Bonchev–Trinajstić information content (AvgIpc) is 3.18. The van der Waals surface area contributed by atoms with Crippen LogP contribution in [0, 0.1) is 5.92 Å². The van der Waals surface area contributed by atoms with Crippen molar-refractivity contribution in [1.82, 2.24) is 5.32 Å². The molecular formula is C13H16ClNO3S. The SMILES string of the molecule is CCc1ccc(C(=O)NCC2CC2)cc1S(=O)(=O)Cl. The van der Waals surface area contributed by atoms with Crippen LogP contribution in [0.15, 0.2) is 23.1 Å². The predicted molar refractivity (Wildman–Crippen MR) is 73.9 cm³/mol. The van der Waals surface area contributed by atoms with Gasteiger partial charge in [0.25, 0.3) is 15.0 Å². The van der Waals surface area contributed by atoms with E-state index in [0.29, 0.717) is 30.0 Å². The first-order valence-electron chi connectivity index (χ1n) is 6.27. The maximum atomic E-state index is 11.9. The van der Waals surface area contributed by atoms with Gasteiger partial charge in [0, 0.05) is 22.8 Å². The molecule has 0 radical (unpaired) electrons. The van der Waals surface area contributed by atoms with Gasteiger partial charge in [-0.15, -0.1) is 0 Å². The number of amides is 1. The summed E-state index contributed by atoms with van der Waals surface area (Å²) in [6, 6.07) is 4.62. The fourth-order valence-electron chi connectivity index (χ4n) is 1.88. The van der Waals surface area contributed by atoms with Crippen molar-refractivity contribution in [3.8, 4) is 0 Å². The minimum Gasteiger partial charge on any atom is -0.352 e. The topological polar surface area (TPSA) is 63.2 Å². The molecule has 2 rings (SSSR count). The van der Waals surface area contributed by atoms with Crippen molar-refractivity contribution in [2.75, 3.05) is 6.54 Å². The molecule has 1 aromatic carbocycles. The number of halogens is 1. The molecule has 0 bridgehead atoms. The molecule has 0 aliphatic heterocycles. The van der Waals surface area contributed by atoms with Crippen LogP contribution in [0.5, 0.6) is 0 Å². The molecule has 0 unspecified atom stereocenters. The van der Waals surface area contributed by atoms with Gasteiger partial charge in [0.05, 0.1) is 4.90 Å². The second-order valence-electron chi connectivity index (χ2n) is 4.77. The maximum Gasteiger partial charge on any atom is 0.261 e. The molecule has 1 N–H and O–H groups in total. The molecule has 1 saturated carbocycles. The molecule has 104 valence electrons. The normalized spacial score (nSPS) is 15.3.